The molecule has 2 rings (SSSR count). The minimum atomic E-state index is -3.10. The Kier molecular flexibility index (Phi) is 1.37. The summed E-state index contributed by atoms with van der Waals surface area (Å²) in [7, 11) is 1.50. The Morgan fingerprint density at radius 1 is 1.50 bits per heavy atom. The first kappa shape index (κ1) is 4.80. The standard InChI is InChI=1S/C13H18N2O/c1-15(2)7-6-10-9-14-13-5-4-11(16-3)8-12(10)13/h4-5,8-9,14H,6-7H2,1-3H3/i1D3,2D3,7D2. The normalized spacial score (nSPS) is 21.1. The Balaban J connectivity index is 2.44. The van der Waals surface area contributed by atoms with Gasteiger partial charge in [-0.3, -0.25) is 0 Å². The Labute approximate surface area is 107 Å². The van der Waals surface area contributed by atoms with E-state index in [9.17, 15) is 0 Å². The van der Waals surface area contributed by atoms with E-state index in [0.29, 0.717) is 16.7 Å². The monoisotopic (exact) mass is 226 g/mol. The number of likely N-dealkylation sites (N-methyl/N-ethyl adjacent to an activating group) is 1. The smallest absolute Gasteiger partial charge is 0.119 e. The lowest BCUT2D eigenvalue weighted by Crippen LogP contribution is -2.14. The number of aromatic amines is 1. The van der Waals surface area contributed by atoms with E-state index in [0.717, 1.165) is 5.52 Å². The number of ether oxygens (including phenoxy) is 1. The van der Waals surface area contributed by atoms with Crippen LogP contribution >= 0.6 is 0 Å². The number of nitrogens with zero attached hydrogens (tertiary/aromatic N) is 1. The minimum absolute atomic E-state index is 0.0357. The summed E-state index contributed by atoms with van der Waals surface area (Å²) in [6.45, 7) is -8.80. The number of hydrogen-bond acceptors (Lipinski definition) is 2. The molecule has 16 heavy (non-hydrogen) atoms. The van der Waals surface area contributed by atoms with Gasteiger partial charge in [-0.25, -0.2) is 0 Å². The third-order valence-electron chi connectivity index (χ3n) is 2.40. The molecular weight excluding hydrogens is 200 g/mol. The van der Waals surface area contributed by atoms with Crippen molar-refractivity contribution in [2.24, 2.45) is 0 Å². The number of aryl methyl sites for hydroxylation is 1. The second-order valence-corrected chi connectivity index (χ2v) is 3.40. The van der Waals surface area contributed by atoms with E-state index >= 15 is 0 Å². The molecule has 1 aromatic carbocycles. The highest BCUT2D eigenvalue weighted by atomic mass is 16.5. The molecule has 3 heteroatoms. The summed E-state index contributed by atoms with van der Waals surface area (Å²) in [4.78, 5) is 2.92. The summed E-state index contributed by atoms with van der Waals surface area (Å²) in [5.41, 5.74) is 1.18. The third kappa shape index (κ3) is 2.19. The SMILES string of the molecule is [2H]C([2H])([2H])N(C([2H])([2H])[2H])C([2H])([2H])Cc1c[nH]c2ccc(OC)cc12. The van der Waals surface area contributed by atoms with Gasteiger partial charge in [-0.1, -0.05) is 0 Å². The first-order valence-electron chi connectivity index (χ1n) is 8.81. The maximum absolute atomic E-state index is 8.07. The fraction of sp³-hybridized carbons (Fsp3) is 0.385. The van der Waals surface area contributed by atoms with Crippen LogP contribution in [0.4, 0.5) is 0 Å². The highest BCUT2D eigenvalue weighted by molar-refractivity contribution is 5.84. The molecule has 0 bridgehead atoms. The number of fused-ring (bicyclic) bond motifs is 1. The lowest BCUT2D eigenvalue weighted by molar-refractivity contribution is 0.413. The van der Waals surface area contributed by atoms with Gasteiger partial charge in [0.2, 0.25) is 0 Å². The maximum atomic E-state index is 8.07. The Morgan fingerprint density at radius 2 is 2.38 bits per heavy atom. The van der Waals surface area contributed by atoms with Gasteiger partial charge in [0.15, 0.2) is 0 Å². The average molecular weight is 226 g/mol. The average Bonchev–Trinajstić information content (AvgIpc) is 2.76. The molecule has 0 aliphatic rings. The number of benzene rings is 1. The van der Waals surface area contributed by atoms with E-state index in [2.05, 4.69) is 4.98 Å². The fourth-order valence-corrected chi connectivity index (χ4v) is 1.59. The zero-order valence-electron chi connectivity index (χ0n) is 16.9. The van der Waals surface area contributed by atoms with Gasteiger partial charge in [-0.15, -0.1) is 0 Å². The lowest BCUT2D eigenvalue weighted by Gasteiger charge is -2.08. The van der Waals surface area contributed by atoms with Gasteiger partial charge in [0.25, 0.3) is 0 Å². The van der Waals surface area contributed by atoms with Crippen molar-refractivity contribution in [2.45, 2.75) is 6.42 Å². The molecule has 0 saturated carbocycles. The molecule has 2 aromatic rings. The first-order chi connectivity index (χ1) is 10.9. The van der Waals surface area contributed by atoms with Crippen molar-refractivity contribution in [1.82, 2.24) is 9.88 Å². The van der Waals surface area contributed by atoms with Gasteiger partial charge >= 0.3 is 0 Å². The Hall–Kier alpha value is -1.48. The fourth-order valence-electron chi connectivity index (χ4n) is 1.59. The first-order valence-corrected chi connectivity index (χ1v) is 4.81. The van der Waals surface area contributed by atoms with Crippen LogP contribution in [0.25, 0.3) is 10.9 Å². The zero-order valence-corrected chi connectivity index (χ0v) is 8.87. The lowest BCUT2D eigenvalue weighted by atomic mass is 10.1. The van der Waals surface area contributed by atoms with Crippen molar-refractivity contribution >= 4 is 10.9 Å². The molecule has 0 amide bonds. The van der Waals surface area contributed by atoms with Crippen LogP contribution < -0.4 is 4.74 Å². The zero-order chi connectivity index (χ0) is 18.3. The Bertz CT molecular complexity index is 705. The number of hydrogen-bond donors (Lipinski definition) is 1. The van der Waals surface area contributed by atoms with E-state index in [-0.39, 0.29) is 4.90 Å². The molecule has 0 aliphatic heterocycles. The molecule has 0 radical (unpaired) electrons. The highest BCUT2D eigenvalue weighted by Gasteiger charge is 2.05. The molecule has 0 fully saturated rings. The van der Waals surface area contributed by atoms with Crippen molar-refractivity contribution < 1.29 is 15.7 Å². The van der Waals surface area contributed by atoms with Crippen LogP contribution in [0.2, 0.25) is 0 Å². The molecule has 0 atom stereocenters. The van der Waals surface area contributed by atoms with Crippen molar-refractivity contribution in [3.8, 4) is 5.75 Å². The molecule has 1 heterocycles. The molecule has 86 valence electrons. The number of nitrogens with one attached hydrogen (secondary N) is 1. The number of rotatable bonds is 4. The highest BCUT2D eigenvalue weighted by Crippen LogP contribution is 2.23. The predicted molar refractivity (Wildman–Crippen MR) is 67.1 cm³/mol. The van der Waals surface area contributed by atoms with Gasteiger partial charge < -0.3 is 14.6 Å². The largest absolute Gasteiger partial charge is 0.497 e. The molecule has 0 saturated heterocycles. The van der Waals surface area contributed by atoms with Gasteiger partial charge in [0.1, 0.15) is 5.75 Å². The quantitative estimate of drug-likeness (QED) is 0.866. The van der Waals surface area contributed by atoms with Crippen molar-refractivity contribution in [1.29, 1.82) is 0 Å². The summed E-state index contributed by atoms with van der Waals surface area (Å²) < 4.78 is 65.6. The summed E-state index contributed by atoms with van der Waals surface area (Å²) in [6, 6.07) is 5.17. The molecule has 1 N–H and O–H groups in total. The third-order valence-corrected chi connectivity index (χ3v) is 2.40. The van der Waals surface area contributed by atoms with Crippen molar-refractivity contribution in [3.63, 3.8) is 0 Å². The minimum Gasteiger partial charge on any atom is -0.497 e. The van der Waals surface area contributed by atoms with E-state index in [1.165, 1.54) is 7.11 Å². The molecule has 0 aliphatic carbocycles. The van der Waals surface area contributed by atoms with E-state index < -0.39 is 26.9 Å². The topological polar surface area (TPSA) is 28.3 Å². The molecule has 1 aromatic heterocycles. The molecule has 0 unspecified atom stereocenters. The van der Waals surface area contributed by atoms with E-state index in [1.807, 2.05) is 0 Å². The second-order valence-electron chi connectivity index (χ2n) is 3.40. The summed E-state index contributed by atoms with van der Waals surface area (Å²) >= 11 is 0. The van der Waals surface area contributed by atoms with Crippen LogP contribution in [0.3, 0.4) is 0 Å². The number of methoxy groups -OCH3 is 1. The van der Waals surface area contributed by atoms with Crippen LogP contribution in [0.1, 0.15) is 16.5 Å². The second kappa shape index (κ2) is 4.58. The van der Waals surface area contributed by atoms with Gasteiger partial charge in [0, 0.05) is 34.6 Å². The van der Waals surface area contributed by atoms with Crippen LogP contribution in [0.5, 0.6) is 5.75 Å². The van der Waals surface area contributed by atoms with Crippen molar-refractivity contribution in [2.75, 3.05) is 27.6 Å². The van der Waals surface area contributed by atoms with Crippen LogP contribution in [-0.2, 0) is 6.42 Å². The van der Waals surface area contributed by atoms with Crippen LogP contribution in [0, 0.1) is 0 Å². The molecule has 0 spiro atoms. The van der Waals surface area contributed by atoms with Gasteiger partial charge in [0.05, 0.1) is 7.11 Å². The number of aromatic nitrogens is 1. The summed E-state index contributed by atoms with van der Waals surface area (Å²) in [5, 5.41) is 0.647. The summed E-state index contributed by atoms with van der Waals surface area (Å²) in [5.74, 6) is 0.562. The Morgan fingerprint density at radius 3 is 3.12 bits per heavy atom. The van der Waals surface area contributed by atoms with Gasteiger partial charge in [-0.05, 0) is 44.1 Å². The van der Waals surface area contributed by atoms with E-state index in [1.54, 1.807) is 24.4 Å². The van der Waals surface area contributed by atoms with E-state index in [4.69, 9.17) is 15.7 Å². The maximum Gasteiger partial charge on any atom is 0.119 e. The van der Waals surface area contributed by atoms with Crippen LogP contribution in [0.15, 0.2) is 24.4 Å². The molecular formula is C13H18N2O. The van der Waals surface area contributed by atoms with Gasteiger partial charge in [-0.2, -0.15) is 0 Å². The summed E-state index contributed by atoms with van der Waals surface area (Å²) in [6.07, 6.45) is 1.14. The predicted octanol–water partition coefficient (Wildman–Crippen LogP) is 2.28. The van der Waals surface area contributed by atoms with Crippen molar-refractivity contribution in [3.05, 3.63) is 30.0 Å². The molecule has 3 nitrogen and oxygen atoms in total. The van der Waals surface area contributed by atoms with Crippen LogP contribution in [-0.4, -0.2) is 37.4 Å². The number of H-pyrrole nitrogens is 1.